The summed E-state index contributed by atoms with van der Waals surface area (Å²) >= 11 is 0. The van der Waals surface area contributed by atoms with Crippen LogP contribution in [-0.4, -0.2) is 34.1 Å². The number of carbonyl (C=O) groups is 1. The quantitative estimate of drug-likeness (QED) is 0.668. The highest BCUT2D eigenvalue weighted by Gasteiger charge is 2.09. The first kappa shape index (κ1) is 18.2. The van der Waals surface area contributed by atoms with Gasteiger partial charge in [-0.05, 0) is 30.4 Å². The maximum atomic E-state index is 12.4. The number of hydrogen-bond acceptors (Lipinski definition) is 6. The molecule has 2 heterocycles. The van der Waals surface area contributed by atoms with Gasteiger partial charge in [0.25, 0.3) is 5.91 Å². The molecule has 1 amide bonds. The Morgan fingerprint density at radius 3 is 2.85 bits per heavy atom. The van der Waals surface area contributed by atoms with Crippen molar-refractivity contribution in [3.05, 3.63) is 58.0 Å². The molecule has 7 nitrogen and oxygen atoms in total. The molecule has 0 aliphatic heterocycles. The van der Waals surface area contributed by atoms with Crippen LogP contribution in [0.4, 0.5) is 5.82 Å². The van der Waals surface area contributed by atoms with Crippen molar-refractivity contribution in [1.82, 2.24) is 20.3 Å². The molecule has 7 heteroatoms. The van der Waals surface area contributed by atoms with Crippen molar-refractivity contribution in [2.24, 2.45) is 4.99 Å². The number of nitrogens with zero attached hydrogens (tertiary/aromatic N) is 4. The van der Waals surface area contributed by atoms with Gasteiger partial charge in [0.1, 0.15) is 5.82 Å². The molecule has 0 aliphatic rings. The molecule has 27 heavy (non-hydrogen) atoms. The maximum Gasteiger partial charge on any atom is 0.251 e. The van der Waals surface area contributed by atoms with Crippen molar-refractivity contribution < 1.29 is 4.79 Å². The molecular formula is C20H20N6O. The number of aliphatic imine (C=N–C) groups is 1. The van der Waals surface area contributed by atoms with Crippen molar-refractivity contribution >= 4 is 41.5 Å². The Morgan fingerprint density at radius 2 is 2.15 bits per heavy atom. The van der Waals surface area contributed by atoms with E-state index in [0.29, 0.717) is 29.1 Å². The van der Waals surface area contributed by atoms with Crippen LogP contribution in [0.3, 0.4) is 0 Å². The van der Waals surface area contributed by atoms with E-state index >= 15 is 0 Å². The highest BCUT2D eigenvalue weighted by molar-refractivity contribution is 5.98. The molecule has 0 unspecified atom stereocenters. The van der Waals surface area contributed by atoms with E-state index in [1.165, 1.54) is 0 Å². The number of hydrogen-bond donors (Lipinski definition) is 2. The van der Waals surface area contributed by atoms with Crippen LogP contribution in [0, 0.1) is 6.92 Å². The zero-order valence-electron chi connectivity index (χ0n) is 15.2. The van der Waals surface area contributed by atoms with E-state index in [2.05, 4.69) is 31.8 Å². The number of anilines is 1. The second kappa shape index (κ2) is 7.74. The van der Waals surface area contributed by atoms with Crippen LogP contribution in [0.2, 0.25) is 0 Å². The van der Waals surface area contributed by atoms with Crippen LogP contribution in [0.15, 0.2) is 35.6 Å². The first-order valence-electron chi connectivity index (χ1n) is 8.36. The minimum absolute atomic E-state index is 0.223. The number of nitrogens with two attached hydrogens (primary N) is 1. The number of rotatable bonds is 4. The van der Waals surface area contributed by atoms with Crippen molar-refractivity contribution in [1.29, 1.82) is 0 Å². The fraction of sp³-hybridized carbons (Fsp3) is 0.150. The van der Waals surface area contributed by atoms with Crippen LogP contribution in [0.25, 0.3) is 23.6 Å². The maximum absolute atomic E-state index is 12.4. The Morgan fingerprint density at radius 1 is 1.33 bits per heavy atom. The average molecular weight is 360 g/mol. The van der Waals surface area contributed by atoms with Gasteiger partial charge in [0.05, 0.1) is 29.6 Å². The molecule has 136 valence electrons. The van der Waals surface area contributed by atoms with E-state index in [9.17, 15) is 4.79 Å². The standard InChI is InChI=1S/C20H20N6O/c1-12-9-24-15(10-23-12)11-25-20(27)14-4-5-16-13(2)17(6-7-22-3)19(21)26-18(16)8-14/h4-10H,2,11H2,1,3H3,(H2,21,26)(H,25,27)/b17-6+,22-7-. The monoisotopic (exact) mass is 360 g/mol. The van der Waals surface area contributed by atoms with Gasteiger partial charge in [0.2, 0.25) is 0 Å². The summed E-state index contributed by atoms with van der Waals surface area (Å²) in [5.74, 6) is 0.124. The highest BCUT2D eigenvalue weighted by Crippen LogP contribution is 2.11. The summed E-state index contributed by atoms with van der Waals surface area (Å²) in [4.78, 5) is 29.2. The number of amides is 1. The molecule has 3 aromatic rings. The van der Waals surface area contributed by atoms with Gasteiger partial charge in [-0.15, -0.1) is 0 Å². The predicted molar refractivity (Wildman–Crippen MR) is 108 cm³/mol. The topological polar surface area (TPSA) is 106 Å². The number of carbonyl (C=O) groups excluding carboxylic acids is 1. The number of aryl methyl sites for hydroxylation is 1. The minimum Gasteiger partial charge on any atom is -0.383 e. The Labute approximate surface area is 156 Å². The largest absolute Gasteiger partial charge is 0.383 e. The molecule has 3 rings (SSSR count). The van der Waals surface area contributed by atoms with Crippen molar-refractivity contribution in [2.75, 3.05) is 12.8 Å². The molecule has 0 fully saturated rings. The first-order valence-corrected chi connectivity index (χ1v) is 8.36. The second-order valence-corrected chi connectivity index (χ2v) is 6.03. The van der Waals surface area contributed by atoms with E-state index in [1.807, 2.05) is 13.0 Å². The Kier molecular flexibility index (Phi) is 5.21. The fourth-order valence-corrected chi connectivity index (χ4v) is 2.63. The van der Waals surface area contributed by atoms with Gasteiger partial charge in [0, 0.05) is 35.6 Å². The molecule has 0 saturated heterocycles. The number of fused-ring (bicyclic) bond motifs is 1. The lowest BCUT2D eigenvalue weighted by molar-refractivity contribution is 0.0950. The Hall–Kier alpha value is -3.61. The number of pyridine rings is 1. The summed E-state index contributed by atoms with van der Waals surface area (Å²) in [6, 6.07) is 5.27. The third kappa shape index (κ3) is 3.98. The number of nitrogen functional groups attached to an aromatic ring is 1. The SMILES string of the molecule is C=c1/c(=C\C=N/C)c(N)nc2cc(C(=O)NCc3cnc(C)cn3)ccc12. The summed E-state index contributed by atoms with van der Waals surface area (Å²) in [6.07, 6.45) is 6.72. The van der Waals surface area contributed by atoms with E-state index in [4.69, 9.17) is 5.73 Å². The first-order chi connectivity index (χ1) is 13.0. The lowest BCUT2D eigenvalue weighted by Gasteiger charge is -2.07. The van der Waals surface area contributed by atoms with Gasteiger partial charge in [-0.3, -0.25) is 19.8 Å². The van der Waals surface area contributed by atoms with E-state index in [0.717, 1.165) is 21.5 Å². The summed E-state index contributed by atoms with van der Waals surface area (Å²) < 4.78 is 0. The van der Waals surface area contributed by atoms with Gasteiger partial charge in [0.15, 0.2) is 0 Å². The van der Waals surface area contributed by atoms with Crippen LogP contribution < -0.4 is 21.5 Å². The van der Waals surface area contributed by atoms with Gasteiger partial charge in [-0.2, -0.15) is 0 Å². The highest BCUT2D eigenvalue weighted by atomic mass is 16.1. The smallest absolute Gasteiger partial charge is 0.251 e. The summed E-state index contributed by atoms with van der Waals surface area (Å²) in [7, 11) is 1.68. The Bertz CT molecular complexity index is 1140. The van der Waals surface area contributed by atoms with E-state index in [1.54, 1.807) is 43.9 Å². The minimum atomic E-state index is -0.223. The molecule has 0 bridgehead atoms. The zero-order chi connectivity index (χ0) is 19.4. The number of nitrogens with one attached hydrogen (secondary N) is 1. The average Bonchev–Trinajstić information content (AvgIpc) is 2.66. The number of benzene rings is 1. The van der Waals surface area contributed by atoms with Crippen LogP contribution in [0.1, 0.15) is 21.7 Å². The molecule has 0 radical (unpaired) electrons. The lowest BCUT2D eigenvalue weighted by atomic mass is 10.1. The summed E-state index contributed by atoms with van der Waals surface area (Å²) in [5, 5.41) is 5.14. The van der Waals surface area contributed by atoms with Crippen molar-refractivity contribution in [2.45, 2.75) is 13.5 Å². The number of aromatic nitrogens is 3. The third-order valence-electron chi connectivity index (χ3n) is 4.08. The molecule has 2 aromatic heterocycles. The summed E-state index contributed by atoms with van der Waals surface area (Å²) in [5.41, 5.74) is 8.66. The lowest BCUT2D eigenvalue weighted by Crippen LogP contribution is -2.29. The third-order valence-corrected chi connectivity index (χ3v) is 4.08. The van der Waals surface area contributed by atoms with Gasteiger partial charge in [-0.1, -0.05) is 12.6 Å². The molecule has 0 saturated carbocycles. The molecule has 0 spiro atoms. The molecule has 3 N–H and O–H groups in total. The van der Waals surface area contributed by atoms with Crippen LogP contribution in [0.5, 0.6) is 0 Å². The molecule has 1 aromatic carbocycles. The van der Waals surface area contributed by atoms with Crippen LogP contribution >= 0.6 is 0 Å². The van der Waals surface area contributed by atoms with Crippen molar-refractivity contribution in [3.8, 4) is 0 Å². The van der Waals surface area contributed by atoms with Crippen molar-refractivity contribution in [3.63, 3.8) is 0 Å². The Balaban J connectivity index is 1.89. The normalized spacial score (nSPS) is 12.0. The molecular weight excluding hydrogens is 340 g/mol. The van der Waals surface area contributed by atoms with Gasteiger partial charge in [-0.25, -0.2) is 4.98 Å². The molecule has 0 atom stereocenters. The van der Waals surface area contributed by atoms with Gasteiger partial charge < -0.3 is 11.1 Å². The summed E-state index contributed by atoms with van der Waals surface area (Å²) in [6.45, 7) is 6.25. The second-order valence-electron chi connectivity index (χ2n) is 6.03. The van der Waals surface area contributed by atoms with Crippen LogP contribution in [-0.2, 0) is 6.54 Å². The van der Waals surface area contributed by atoms with E-state index in [-0.39, 0.29) is 5.91 Å². The predicted octanol–water partition coefficient (Wildman–Crippen LogP) is 0.737. The van der Waals surface area contributed by atoms with E-state index < -0.39 is 0 Å². The zero-order valence-corrected chi connectivity index (χ0v) is 15.2. The molecule has 0 aliphatic carbocycles. The fourth-order valence-electron chi connectivity index (χ4n) is 2.63. The van der Waals surface area contributed by atoms with Gasteiger partial charge >= 0.3 is 0 Å².